The Labute approximate surface area is 232 Å². The Balaban J connectivity index is 1.85. The summed E-state index contributed by atoms with van der Waals surface area (Å²) in [6.07, 6.45) is 1.47. The van der Waals surface area contributed by atoms with Crippen molar-refractivity contribution in [3.8, 4) is 0 Å². The largest absolute Gasteiger partial charge is 0.354 e. The van der Waals surface area contributed by atoms with Gasteiger partial charge in [0.05, 0.1) is 0 Å². The molecule has 0 heterocycles. The van der Waals surface area contributed by atoms with Crippen molar-refractivity contribution < 1.29 is 9.59 Å². The number of benzene rings is 3. The molecule has 2 amide bonds. The van der Waals surface area contributed by atoms with Gasteiger partial charge >= 0.3 is 0 Å². The van der Waals surface area contributed by atoms with E-state index in [2.05, 4.69) is 5.32 Å². The molecule has 36 heavy (non-hydrogen) atoms. The summed E-state index contributed by atoms with van der Waals surface area (Å²) in [5, 5.41) is 4.63. The van der Waals surface area contributed by atoms with Crippen LogP contribution in [0.4, 0.5) is 0 Å². The van der Waals surface area contributed by atoms with E-state index in [1.807, 2.05) is 61.5 Å². The lowest BCUT2D eigenvalue weighted by Gasteiger charge is -2.32. The minimum atomic E-state index is -0.682. The van der Waals surface area contributed by atoms with E-state index in [9.17, 15) is 9.59 Å². The SMILES string of the molecule is CCCNC(=O)[C@@H](Cc1ccccc1)N(Cc1ccc(Cl)cc1Cl)C(=O)CCSc1ccc(Cl)cc1. The number of hydrogen-bond acceptors (Lipinski definition) is 3. The van der Waals surface area contributed by atoms with Crippen molar-refractivity contribution in [1.29, 1.82) is 0 Å². The van der Waals surface area contributed by atoms with Gasteiger partial charge in [0.15, 0.2) is 0 Å². The summed E-state index contributed by atoms with van der Waals surface area (Å²) in [6.45, 7) is 2.74. The summed E-state index contributed by atoms with van der Waals surface area (Å²) in [7, 11) is 0. The van der Waals surface area contributed by atoms with E-state index in [1.54, 1.807) is 34.9 Å². The number of nitrogens with one attached hydrogen (secondary N) is 1. The lowest BCUT2D eigenvalue weighted by molar-refractivity contribution is -0.141. The summed E-state index contributed by atoms with van der Waals surface area (Å²) < 4.78 is 0. The summed E-state index contributed by atoms with van der Waals surface area (Å²) in [4.78, 5) is 29.6. The number of hydrogen-bond donors (Lipinski definition) is 1. The molecule has 0 unspecified atom stereocenters. The second-order valence-electron chi connectivity index (χ2n) is 8.31. The fourth-order valence-electron chi connectivity index (χ4n) is 3.68. The fourth-order valence-corrected chi connectivity index (χ4v) is 5.12. The Morgan fingerprint density at radius 1 is 0.944 bits per heavy atom. The summed E-state index contributed by atoms with van der Waals surface area (Å²) >= 11 is 20.1. The van der Waals surface area contributed by atoms with E-state index in [1.165, 1.54) is 0 Å². The average molecular weight is 564 g/mol. The van der Waals surface area contributed by atoms with Crippen LogP contribution < -0.4 is 5.32 Å². The molecule has 0 aliphatic carbocycles. The maximum atomic E-state index is 13.6. The van der Waals surface area contributed by atoms with Gasteiger partial charge in [-0.05, 0) is 53.9 Å². The zero-order valence-corrected chi connectivity index (χ0v) is 23.1. The highest BCUT2D eigenvalue weighted by atomic mass is 35.5. The van der Waals surface area contributed by atoms with Gasteiger partial charge in [-0.2, -0.15) is 0 Å². The van der Waals surface area contributed by atoms with Gasteiger partial charge in [-0.25, -0.2) is 0 Å². The summed E-state index contributed by atoms with van der Waals surface area (Å²) in [5.41, 5.74) is 1.71. The Morgan fingerprint density at radius 2 is 1.64 bits per heavy atom. The first-order chi connectivity index (χ1) is 17.4. The van der Waals surface area contributed by atoms with Gasteiger partial charge in [-0.1, -0.05) is 78.1 Å². The minimum Gasteiger partial charge on any atom is -0.354 e. The Bertz CT molecular complexity index is 1140. The molecule has 0 aliphatic rings. The van der Waals surface area contributed by atoms with E-state index >= 15 is 0 Å². The lowest BCUT2D eigenvalue weighted by atomic mass is 10.0. The Morgan fingerprint density at radius 3 is 2.31 bits per heavy atom. The lowest BCUT2D eigenvalue weighted by Crippen LogP contribution is -2.50. The quantitative estimate of drug-likeness (QED) is 0.235. The monoisotopic (exact) mass is 562 g/mol. The van der Waals surface area contributed by atoms with Crippen molar-refractivity contribution in [2.45, 2.75) is 43.7 Å². The second kappa shape index (κ2) is 14.5. The molecule has 4 nitrogen and oxygen atoms in total. The Hall–Kier alpha value is -2.18. The number of carbonyl (C=O) groups excluding carboxylic acids is 2. The van der Waals surface area contributed by atoms with E-state index in [0.717, 1.165) is 22.4 Å². The minimum absolute atomic E-state index is 0.116. The molecule has 0 spiro atoms. The summed E-state index contributed by atoms with van der Waals surface area (Å²) in [5.74, 6) is 0.277. The van der Waals surface area contributed by atoms with Crippen LogP contribution in [0.25, 0.3) is 0 Å². The van der Waals surface area contributed by atoms with Crippen LogP contribution in [-0.2, 0) is 22.6 Å². The van der Waals surface area contributed by atoms with Crippen molar-refractivity contribution in [3.05, 3.63) is 99.0 Å². The topological polar surface area (TPSA) is 49.4 Å². The predicted molar refractivity (Wildman–Crippen MR) is 151 cm³/mol. The van der Waals surface area contributed by atoms with Crippen molar-refractivity contribution >= 4 is 58.4 Å². The van der Waals surface area contributed by atoms with Crippen molar-refractivity contribution in [3.63, 3.8) is 0 Å². The van der Waals surface area contributed by atoms with Gasteiger partial charge in [0.1, 0.15) is 6.04 Å². The number of rotatable bonds is 12. The molecule has 1 atom stereocenters. The molecule has 0 bridgehead atoms. The normalized spacial score (nSPS) is 11.7. The van der Waals surface area contributed by atoms with Gasteiger partial charge in [0.2, 0.25) is 11.8 Å². The molecular formula is C28H29Cl3N2O2S. The molecule has 3 aromatic carbocycles. The first-order valence-electron chi connectivity index (χ1n) is 11.8. The molecule has 0 saturated carbocycles. The third kappa shape index (κ3) is 8.74. The molecule has 190 valence electrons. The third-order valence-electron chi connectivity index (χ3n) is 5.57. The van der Waals surface area contributed by atoms with E-state index in [-0.39, 0.29) is 24.8 Å². The molecule has 1 N–H and O–H groups in total. The molecule has 0 aromatic heterocycles. The van der Waals surface area contributed by atoms with Crippen LogP contribution in [0.15, 0.2) is 77.7 Å². The van der Waals surface area contributed by atoms with Crippen LogP contribution >= 0.6 is 46.6 Å². The fraction of sp³-hybridized carbons (Fsp3) is 0.286. The van der Waals surface area contributed by atoms with E-state index in [0.29, 0.717) is 33.8 Å². The molecule has 0 aliphatic heterocycles. The number of halogens is 3. The van der Waals surface area contributed by atoms with Crippen LogP contribution in [0.3, 0.4) is 0 Å². The van der Waals surface area contributed by atoms with Crippen molar-refractivity contribution in [2.75, 3.05) is 12.3 Å². The molecule has 0 radical (unpaired) electrons. The van der Waals surface area contributed by atoms with Crippen LogP contribution in [0, 0.1) is 0 Å². The summed E-state index contributed by atoms with van der Waals surface area (Å²) in [6, 6.07) is 21.8. The molecular weight excluding hydrogens is 535 g/mol. The van der Waals surface area contributed by atoms with Crippen molar-refractivity contribution in [1.82, 2.24) is 10.2 Å². The molecule has 3 aromatic rings. The predicted octanol–water partition coefficient (Wildman–Crippen LogP) is 7.30. The number of thioether (sulfide) groups is 1. The second-order valence-corrected chi connectivity index (χ2v) is 10.8. The van der Waals surface area contributed by atoms with Crippen molar-refractivity contribution in [2.24, 2.45) is 0 Å². The molecule has 0 saturated heterocycles. The van der Waals surface area contributed by atoms with Gasteiger partial charge in [0.25, 0.3) is 0 Å². The number of amides is 2. The highest BCUT2D eigenvalue weighted by molar-refractivity contribution is 7.99. The Kier molecular flexibility index (Phi) is 11.5. The highest BCUT2D eigenvalue weighted by Crippen LogP contribution is 2.26. The zero-order valence-electron chi connectivity index (χ0n) is 20.1. The smallest absolute Gasteiger partial charge is 0.243 e. The maximum absolute atomic E-state index is 13.6. The van der Waals surface area contributed by atoms with Gasteiger partial charge in [-0.15, -0.1) is 11.8 Å². The standard InChI is InChI=1S/C28H29Cl3N2O2S/c1-2-15-32-28(35)26(17-20-6-4-3-5-7-20)33(19-21-8-9-23(30)18-25(21)31)27(34)14-16-36-24-12-10-22(29)11-13-24/h3-13,18,26H,2,14-17,19H2,1H3,(H,32,35)/t26-/m1/s1. The van der Waals surface area contributed by atoms with Gasteiger partial charge in [-0.3, -0.25) is 9.59 Å². The maximum Gasteiger partial charge on any atom is 0.243 e. The first kappa shape index (κ1) is 28.4. The van der Waals surface area contributed by atoms with Crippen LogP contribution in [0.1, 0.15) is 30.9 Å². The van der Waals surface area contributed by atoms with E-state index < -0.39 is 6.04 Å². The van der Waals surface area contributed by atoms with E-state index in [4.69, 9.17) is 34.8 Å². The molecule has 8 heteroatoms. The molecule has 0 fully saturated rings. The number of nitrogens with zero attached hydrogens (tertiary/aromatic N) is 1. The molecule has 3 rings (SSSR count). The first-order valence-corrected chi connectivity index (χ1v) is 13.9. The highest BCUT2D eigenvalue weighted by Gasteiger charge is 2.30. The van der Waals surface area contributed by atoms with Crippen LogP contribution in [0.5, 0.6) is 0 Å². The van der Waals surface area contributed by atoms with Crippen LogP contribution in [-0.4, -0.2) is 35.1 Å². The third-order valence-corrected chi connectivity index (χ3v) is 7.43. The van der Waals surface area contributed by atoms with Gasteiger partial charge < -0.3 is 10.2 Å². The van der Waals surface area contributed by atoms with Gasteiger partial charge in [0, 0.05) is 51.6 Å². The van der Waals surface area contributed by atoms with Crippen LogP contribution in [0.2, 0.25) is 15.1 Å². The number of carbonyl (C=O) groups is 2. The average Bonchev–Trinajstić information content (AvgIpc) is 2.87. The zero-order chi connectivity index (χ0) is 25.9.